The van der Waals surface area contributed by atoms with Crippen molar-refractivity contribution in [3.05, 3.63) is 36.5 Å². The molecule has 0 saturated carbocycles. The van der Waals surface area contributed by atoms with Crippen molar-refractivity contribution in [3.63, 3.8) is 0 Å². The third-order valence-electron chi connectivity index (χ3n) is 5.69. The summed E-state index contributed by atoms with van der Waals surface area (Å²) >= 11 is 0. The van der Waals surface area contributed by atoms with Crippen molar-refractivity contribution in [2.24, 2.45) is 5.92 Å². The fourth-order valence-corrected chi connectivity index (χ4v) is 4.11. The van der Waals surface area contributed by atoms with Gasteiger partial charge < -0.3 is 14.7 Å². The first kappa shape index (κ1) is 15.9. The number of piperazine rings is 1. The molecule has 0 bridgehead atoms. The Hall–Kier alpha value is -1.65. The van der Waals surface area contributed by atoms with Crippen molar-refractivity contribution in [3.8, 4) is 0 Å². The fourth-order valence-electron chi connectivity index (χ4n) is 4.11. The lowest BCUT2D eigenvalue weighted by Gasteiger charge is -2.38. The second-order valence-corrected chi connectivity index (χ2v) is 7.38. The van der Waals surface area contributed by atoms with E-state index in [9.17, 15) is 0 Å². The first-order valence-electron chi connectivity index (χ1n) is 9.29. The van der Waals surface area contributed by atoms with Crippen molar-refractivity contribution in [1.82, 2.24) is 14.8 Å². The van der Waals surface area contributed by atoms with E-state index in [-0.39, 0.29) is 0 Å². The lowest BCUT2D eigenvalue weighted by atomic mass is 9.95. The summed E-state index contributed by atoms with van der Waals surface area (Å²) in [6, 6.07) is 10.7. The Bertz CT molecular complexity index is 665. The van der Waals surface area contributed by atoms with Crippen LogP contribution in [0.3, 0.4) is 0 Å². The largest absolute Gasteiger partial charge is 0.371 e. The van der Waals surface area contributed by atoms with Crippen LogP contribution in [-0.4, -0.2) is 67.6 Å². The van der Waals surface area contributed by atoms with Gasteiger partial charge in [-0.1, -0.05) is 18.2 Å². The number of hydrogen-bond donors (Lipinski definition) is 0. The molecule has 2 aliphatic heterocycles. The maximum absolute atomic E-state index is 4.50. The number of piperidine rings is 1. The summed E-state index contributed by atoms with van der Waals surface area (Å²) in [4.78, 5) is 12.2. The van der Waals surface area contributed by atoms with Gasteiger partial charge in [0.05, 0.1) is 5.52 Å². The molecule has 1 aromatic heterocycles. The normalized spacial score (nSPS) is 21.5. The van der Waals surface area contributed by atoms with Gasteiger partial charge in [0.1, 0.15) is 0 Å². The molecule has 0 atom stereocenters. The fraction of sp³-hybridized carbons (Fsp3) is 0.550. The van der Waals surface area contributed by atoms with E-state index in [1.807, 2.05) is 6.20 Å². The van der Waals surface area contributed by atoms with Gasteiger partial charge in [-0.25, -0.2) is 0 Å². The van der Waals surface area contributed by atoms with Crippen molar-refractivity contribution in [2.75, 3.05) is 57.8 Å². The van der Waals surface area contributed by atoms with E-state index in [4.69, 9.17) is 0 Å². The van der Waals surface area contributed by atoms with Gasteiger partial charge in [0.25, 0.3) is 0 Å². The summed E-state index contributed by atoms with van der Waals surface area (Å²) in [6.45, 7) is 8.57. The van der Waals surface area contributed by atoms with E-state index < -0.39 is 0 Å². The molecular formula is C20H28N4. The number of nitrogens with zero attached hydrogens (tertiary/aromatic N) is 4. The van der Waals surface area contributed by atoms with E-state index >= 15 is 0 Å². The molecule has 4 heteroatoms. The number of rotatable bonds is 3. The molecule has 0 aliphatic carbocycles. The lowest BCUT2D eigenvalue weighted by Crippen LogP contribution is -2.47. The Labute approximate surface area is 145 Å². The number of pyridine rings is 1. The second-order valence-electron chi connectivity index (χ2n) is 7.38. The summed E-state index contributed by atoms with van der Waals surface area (Å²) in [5.41, 5.74) is 2.47. The van der Waals surface area contributed by atoms with Crippen molar-refractivity contribution in [2.45, 2.75) is 12.8 Å². The van der Waals surface area contributed by atoms with Crippen LogP contribution in [0.25, 0.3) is 10.9 Å². The van der Waals surface area contributed by atoms with Crippen LogP contribution in [0, 0.1) is 5.92 Å². The highest BCUT2D eigenvalue weighted by atomic mass is 15.2. The molecule has 0 spiro atoms. The molecule has 4 rings (SSSR count). The molecule has 2 aromatic rings. The highest BCUT2D eigenvalue weighted by Crippen LogP contribution is 2.29. The zero-order valence-corrected chi connectivity index (χ0v) is 14.7. The first-order chi connectivity index (χ1) is 11.8. The molecule has 2 aliphatic rings. The number of likely N-dealkylation sites (N-methyl/N-ethyl adjacent to an activating group) is 1. The highest BCUT2D eigenvalue weighted by Gasteiger charge is 2.24. The third kappa shape index (κ3) is 3.40. The van der Waals surface area contributed by atoms with Crippen LogP contribution < -0.4 is 4.90 Å². The molecule has 0 N–H and O–H groups in total. The maximum atomic E-state index is 4.50. The molecule has 3 heterocycles. The number of hydrogen-bond acceptors (Lipinski definition) is 4. The topological polar surface area (TPSA) is 22.6 Å². The SMILES string of the molecule is CN1CCN(CC2CCN(c3ccnc4ccccc34)CC2)CC1. The van der Waals surface area contributed by atoms with Crippen molar-refractivity contribution < 1.29 is 0 Å². The number of anilines is 1. The number of benzene rings is 1. The Kier molecular flexibility index (Phi) is 4.67. The van der Waals surface area contributed by atoms with Gasteiger partial charge in [-0.3, -0.25) is 4.98 Å². The monoisotopic (exact) mass is 324 g/mol. The Morgan fingerprint density at radius 2 is 1.71 bits per heavy atom. The Balaban J connectivity index is 1.37. The van der Waals surface area contributed by atoms with Crippen molar-refractivity contribution >= 4 is 16.6 Å². The van der Waals surface area contributed by atoms with E-state index in [0.29, 0.717) is 0 Å². The molecule has 24 heavy (non-hydrogen) atoms. The van der Waals surface area contributed by atoms with Crippen LogP contribution in [-0.2, 0) is 0 Å². The van der Waals surface area contributed by atoms with Crippen LogP contribution in [0.4, 0.5) is 5.69 Å². The molecule has 2 fully saturated rings. The summed E-state index contributed by atoms with van der Waals surface area (Å²) < 4.78 is 0. The second kappa shape index (κ2) is 7.08. The number of para-hydroxylation sites is 1. The van der Waals surface area contributed by atoms with Crippen molar-refractivity contribution in [1.29, 1.82) is 0 Å². The van der Waals surface area contributed by atoms with E-state index in [1.54, 1.807) is 0 Å². The van der Waals surface area contributed by atoms with Crippen LogP contribution in [0.15, 0.2) is 36.5 Å². The smallest absolute Gasteiger partial charge is 0.0722 e. The molecule has 0 amide bonds. The summed E-state index contributed by atoms with van der Waals surface area (Å²) in [6.07, 6.45) is 4.57. The molecule has 2 saturated heterocycles. The van der Waals surface area contributed by atoms with Crippen LogP contribution in [0.1, 0.15) is 12.8 Å². The number of aromatic nitrogens is 1. The Morgan fingerprint density at radius 1 is 0.958 bits per heavy atom. The third-order valence-corrected chi connectivity index (χ3v) is 5.69. The molecule has 4 nitrogen and oxygen atoms in total. The van der Waals surface area contributed by atoms with Gasteiger partial charge >= 0.3 is 0 Å². The van der Waals surface area contributed by atoms with Gasteiger partial charge in [0.2, 0.25) is 0 Å². The highest BCUT2D eigenvalue weighted by molar-refractivity contribution is 5.91. The van der Waals surface area contributed by atoms with Gasteiger partial charge in [0.15, 0.2) is 0 Å². The predicted molar refractivity (Wildman–Crippen MR) is 101 cm³/mol. The lowest BCUT2D eigenvalue weighted by molar-refractivity contribution is 0.129. The van der Waals surface area contributed by atoms with E-state index in [2.05, 4.69) is 57.1 Å². The van der Waals surface area contributed by atoms with E-state index in [0.717, 1.165) is 11.4 Å². The zero-order chi connectivity index (χ0) is 16.4. The summed E-state index contributed by atoms with van der Waals surface area (Å²) in [7, 11) is 2.23. The summed E-state index contributed by atoms with van der Waals surface area (Å²) in [5.74, 6) is 0.859. The zero-order valence-electron chi connectivity index (χ0n) is 14.7. The first-order valence-corrected chi connectivity index (χ1v) is 9.29. The maximum Gasteiger partial charge on any atom is 0.0722 e. The molecular weight excluding hydrogens is 296 g/mol. The molecule has 1 aromatic carbocycles. The van der Waals surface area contributed by atoms with Crippen LogP contribution >= 0.6 is 0 Å². The van der Waals surface area contributed by atoms with Crippen LogP contribution in [0.5, 0.6) is 0 Å². The molecule has 0 unspecified atom stereocenters. The van der Waals surface area contributed by atoms with Gasteiger partial charge in [-0.05, 0) is 37.9 Å². The quantitative estimate of drug-likeness (QED) is 0.866. The minimum absolute atomic E-state index is 0.859. The van der Waals surface area contributed by atoms with Crippen LogP contribution in [0.2, 0.25) is 0 Å². The summed E-state index contributed by atoms with van der Waals surface area (Å²) in [5, 5.41) is 1.29. The minimum atomic E-state index is 0.859. The average Bonchev–Trinajstić information content (AvgIpc) is 2.64. The number of fused-ring (bicyclic) bond motifs is 1. The standard InChI is InChI=1S/C20H28N4/c1-22-12-14-23(15-13-22)16-17-7-10-24(11-8-17)20-6-9-21-19-5-3-2-4-18(19)20/h2-6,9,17H,7-8,10-16H2,1H3. The predicted octanol–water partition coefficient (Wildman–Crippen LogP) is 2.70. The Morgan fingerprint density at radius 3 is 2.50 bits per heavy atom. The molecule has 128 valence electrons. The minimum Gasteiger partial charge on any atom is -0.371 e. The van der Waals surface area contributed by atoms with Gasteiger partial charge in [0, 0.05) is 63.1 Å². The average molecular weight is 324 g/mol. The van der Waals surface area contributed by atoms with Gasteiger partial charge in [-0.2, -0.15) is 0 Å². The van der Waals surface area contributed by atoms with Gasteiger partial charge in [-0.15, -0.1) is 0 Å². The van der Waals surface area contributed by atoms with E-state index in [1.165, 1.54) is 69.7 Å². The molecule has 0 radical (unpaired) electrons.